The van der Waals surface area contributed by atoms with Gasteiger partial charge in [0.1, 0.15) is 17.3 Å². The van der Waals surface area contributed by atoms with Gasteiger partial charge in [0.25, 0.3) is 5.91 Å². The minimum absolute atomic E-state index is 0.104. The molecule has 0 unspecified atom stereocenters. The molecule has 0 atom stereocenters. The zero-order valence-electron chi connectivity index (χ0n) is 10.4. The van der Waals surface area contributed by atoms with Gasteiger partial charge in [0.05, 0.1) is 0 Å². The summed E-state index contributed by atoms with van der Waals surface area (Å²) < 4.78 is 28.9. The van der Waals surface area contributed by atoms with Gasteiger partial charge in [-0.1, -0.05) is 0 Å². The van der Waals surface area contributed by atoms with E-state index in [1.54, 1.807) is 6.07 Å². The van der Waals surface area contributed by atoms with Crippen molar-refractivity contribution in [1.82, 2.24) is 4.57 Å². The number of nitrogens with zero attached hydrogens (tertiary/aromatic N) is 1. The van der Waals surface area contributed by atoms with Gasteiger partial charge in [0.2, 0.25) is 0 Å². The van der Waals surface area contributed by atoms with E-state index < -0.39 is 11.6 Å². The SMILES string of the molecule is O=C(Nc1cc(F)cc(F)c1)c1cc(Br)cn1C1CC1. The summed E-state index contributed by atoms with van der Waals surface area (Å²) >= 11 is 3.34. The van der Waals surface area contributed by atoms with Gasteiger partial charge in [-0.3, -0.25) is 4.79 Å². The molecular formula is C14H11BrF2N2O. The number of amides is 1. The van der Waals surface area contributed by atoms with Crippen LogP contribution in [0.3, 0.4) is 0 Å². The second-order valence-electron chi connectivity index (χ2n) is 4.79. The average molecular weight is 341 g/mol. The van der Waals surface area contributed by atoms with Crippen LogP contribution in [-0.2, 0) is 0 Å². The molecule has 1 aliphatic carbocycles. The Hall–Kier alpha value is -1.69. The number of rotatable bonds is 3. The Morgan fingerprint density at radius 3 is 2.45 bits per heavy atom. The summed E-state index contributed by atoms with van der Waals surface area (Å²) in [5.74, 6) is -1.83. The molecule has 104 valence electrons. The maximum atomic E-state index is 13.1. The van der Waals surface area contributed by atoms with Crippen LogP contribution in [0.2, 0.25) is 0 Å². The van der Waals surface area contributed by atoms with Gasteiger partial charge < -0.3 is 9.88 Å². The molecule has 3 nitrogen and oxygen atoms in total. The fourth-order valence-corrected chi connectivity index (χ4v) is 2.54. The summed E-state index contributed by atoms with van der Waals surface area (Å²) in [4.78, 5) is 12.2. The lowest BCUT2D eigenvalue weighted by molar-refractivity contribution is 0.101. The summed E-state index contributed by atoms with van der Waals surface area (Å²) in [6, 6.07) is 4.97. The third-order valence-electron chi connectivity index (χ3n) is 3.11. The topological polar surface area (TPSA) is 34.0 Å². The van der Waals surface area contributed by atoms with Crippen LogP contribution in [0.15, 0.2) is 34.9 Å². The molecule has 0 bridgehead atoms. The van der Waals surface area contributed by atoms with Crippen LogP contribution in [-0.4, -0.2) is 10.5 Å². The molecule has 1 aliphatic rings. The fourth-order valence-electron chi connectivity index (χ4n) is 2.10. The number of hydrogen-bond acceptors (Lipinski definition) is 1. The minimum Gasteiger partial charge on any atom is -0.339 e. The molecule has 1 amide bonds. The van der Waals surface area contributed by atoms with Gasteiger partial charge in [0.15, 0.2) is 0 Å². The van der Waals surface area contributed by atoms with Crippen LogP contribution in [0.1, 0.15) is 29.4 Å². The molecule has 6 heteroatoms. The Bertz CT molecular complexity index is 660. The van der Waals surface area contributed by atoms with Crippen LogP contribution in [0.4, 0.5) is 14.5 Å². The van der Waals surface area contributed by atoms with E-state index in [1.807, 2.05) is 10.8 Å². The molecule has 1 fully saturated rings. The molecule has 2 aromatic rings. The monoisotopic (exact) mass is 340 g/mol. The van der Waals surface area contributed by atoms with Crippen molar-refractivity contribution in [3.8, 4) is 0 Å². The second-order valence-corrected chi connectivity index (χ2v) is 5.71. The number of hydrogen-bond donors (Lipinski definition) is 1. The zero-order chi connectivity index (χ0) is 14.3. The Labute approximate surface area is 122 Å². The van der Waals surface area contributed by atoms with E-state index >= 15 is 0 Å². The van der Waals surface area contributed by atoms with Crippen molar-refractivity contribution in [1.29, 1.82) is 0 Å². The van der Waals surface area contributed by atoms with Crippen molar-refractivity contribution in [3.63, 3.8) is 0 Å². The number of carbonyl (C=O) groups excluding carboxylic acids is 1. The number of halogens is 3. The Kier molecular flexibility index (Phi) is 3.33. The third kappa shape index (κ3) is 2.75. The van der Waals surface area contributed by atoms with Crippen molar-refractivity contribution in [2.45, 2.75) is 18.9 Å². The van der Waals surface area contributed by atoms with Crippen molar-refractivity contribution in [3.05, 3.63) is 52.3 Å². The molecule has 3 rings (SSSR count). The van der Waals surface area contributed by atoms with Crippen LogP contribution < -0.4 is 5.32 Å². The third-order valence-corrected chi connectivity index (χ3v) is 3.54. The molecule has 20 heavy (non-hydrogen) atoms. The molecule has 1 N–H and O–H groups in total. The molecule has 1 aromatic heterocycles. The molecular weight excluding hydrogens is 330 g/mol. The number of nitrogens with one attached hydrogen (secondary N) is 1. The molecule has 0 saturated heterocycles. The molecule has 0 spiro atoms. The van der Waals surface area contributed by atoms with Gasteiger partial charge in [-0.05, 0) is 47.0 Å². The summed E-state index contributed by atoms with van der Waals surface area (Å²) in [5, 5.41) is 2.52. The lowest BCUT2D eigenvalue weighted by Gasteiger charge is -2.08. The first-order valence-electron chi connectivity index (χ1n) is 6.18. The zero-order valence-corrected chi connectivity index (χ0v) is 12.0. The molecule has 0 aliphatic heterocycles. The smallest absolute Gasteiger partial charge is 0.272 e. The molecule has 1 saturated carbocycles. The number of benzene rings is 1. The van der Waals surface area contributed by atoms with Crippen molar-refractivity contribution >= 4 is 27.5 Å². The van der Waals surface area contributed by atoms with E-state index in [4.69, 9.17) is 0 Å². The average Bonchev–Trinajstić information content (AvgIpc) is 3.11. The van der Waals surface area contributed by atoms with E-state index in [2.05, 4.69) is 21.2 Å². The van der Waals surface area contributed by atoms with Crippen LogP contribution in [0, 0.1) is 11.6 Å². The fraction of sp³-hybridized carbons (Fsp3) is 0.214. The first kappa shape index (κ1) is 13.3. The van der Waals surface area contributed by atoms with Crippen LogP contribution in [0.5, 0.6) is 0 Å². The standard InChI is InChI=1S/C14H11BrF2N2O/c15-8-3-13(19(7-8)12-1-2-12)14(20)18-11-5-9(16)4-10(17)6-11/h3-7,12H,1-2H2,(H,18,20). The van der Waals surface area contributed by atoms with Crippen LogP contribution in [0.25, 0.3) is 0 Å². The number of carbonyl (C=O) groups is 1. The van der Waals surface area contributed by atoms with Crippen molar-refractivity contribution in [2.75, 3.05) is 5.32 Å². The summed E-state index contributed by atoms with van der Waals surface area (Å²) in [5.41, 5.74) is 0.580. The van der Waals surface area contributed by atoms with E-state index in [-0.39, 0.29) is 11.6 Å². The van der Waals surface area contributed by atoms with Gasteiger partial charge >= 0.3 is 0 Å². The first-order chi connectivity index (χ1) is 9.52. The summed E-state index contributed by atoms with van der Waals surface area (Å²) in [6.07, 6.45) is 3.92. The van der Waals surface area contributed by atoms with E-state index in [9.17, 15) is 13.6 Å². The predicted octanol–water partition coefficient (Wildman–Crippen LogP) is 4.12. The number of anilines is 1. The predicted molar refractivity (Wildman–Crippen MR) is 74.7 cm³/mol. The highest BCUT2D eigenvalue weighted by Gasteiger charge is 2.27. The minimum atomic E-state index is -0.723. The van der Waals surface area contributed by atoms with Gasteiger partial charge in [-0.25, -0.2) is 8.78 Å². The maximum absolute atomic E-state index is 13.1. The quantitative estimate of drug-likeness (QED) is 0.896. The van der Waals surface area contributed by atoms with E-state index in [1.165, 1.54) is 0 Å². The lowest BCUT2D eigenvalue weighted by atomic mass is 10.3. The van der Waals surface area contributed by atoms with Gasteiger partial charge in [-0.15, -0.1) is 0 Å². The summed E-state index contributed by atoms with van der Waals surface area (Å²) in [6.45, 7) is 0. The largest absolute Gasteiger partial charge is 0.339 e. The number of aromatic nitrogens is 1. The highest BCUT2D eigenvalue weighted by molar-refractivity contribution is 9.10. The molecule has 1 aromatic carbocycles. The normalized spacial score (nSPS) is 14.3. The van der Waals surface area contributed by atoms with E-state index in [0.717, 1.165) is 35.5 Å². The summed E-state index contributed by atoms with van der Waals surface area (Å²) in [7, 11) is 0. The molecule has 0 radical (unpaired) electrons. The Balaban J connectivity index is 1.85. The Morgan fingerprint density at radius 1 is 1.20 bits per heavy atom. The lowest BCUT2D eigenvalue weighted by Crippen LogP contribution is -2.16. The highest BCUT2D eigenvalue weighted by atomic mass is 79.9. The maximum Gasteiger partial charge on any atom is 0.272 e. The van der Waals surface area contributed by atoms with Crippen molar-refractivity contribution < 1.29 is 13.6 Å². The van der Waals surface area contributed by atoms with Crippen molar-refractivity contribution in [2.24, 2.45) is 0 Å². The molecule has 1 heterocycles. The van der Waals surface area contributed by atoms with Gasteiger partial charge in [-0.2, -0.15) is 0 Å². The Morgan fingerprint density at radius 2 is 1.85 bits per heavy atom. The van der Waals surface area contributed by atoms with Gasteiger partial charge in [0, 0.05) is 28.5 Å². The highest BCUT2D eigenvalue weighted by Crippen LogP contribution is 2.37. The van der Waals surface area contributed by atoms with E-state index in [0.29, 0.717) is 11.7 Å². The second kappa shape index (κ2) is 5.01. The van der Waals surface area contributed by atoms with Crippen LogP contribution >= 0.6 is 15.9 Å². The first-order valence-corrected chi connectivity index (χ1v) is 6.97.